The fourth-order valence-corrected chi connectivity index (χ4v) is 3.54. The van der Waals surface area contributed by atoms with Gasteiger partial charge < -0.3 is 34.5 Å². The van der Waals surface area contributed by atoms with Crippen LogP contribution in [0.3, 0.4) is 0 Å². The van der Waals surface area contributed by atoms with Gasteiger partial charge in [-0.1, -0.05) is 11.6 Å². The SMILES string of the molecule is N#Cc1cnc2c(ccn2-c2ccc(O[C@H]3OC(CO)[C@@H](O)C(O)[C@H]3O)c(Cl)c2)c1. The summed E-state index contributed by atoms with van der Waals surface area (Å²) in [5.74, 6) is 0.181. The molecule has 4 rings (SSSR count). The normalized spacial score (nSPS) is 26.5. The fourth-order valence-electron chi connectivity index (χ4n) is 3.32. The zero-order valence-electron chi connectivity index (χ0n) is 15.5. The Morgan fingerprint density at radius 2 is 1.97 bits per heavy atom. The minimum Gasteiger partial charge on any atom is -0.460 e. The van der Waals surface area contributed by atoms with Gasteiger partial charge in [0.2, 0.25) is 6.29 Å². The molecule has 1 saturated heterocycles. The van der Waals surface area contributed by atoms with Gasteiger partial charge in [0.1, 0.15) is 41.9 Å². The minimum absolute atomic E-state index is 0.181. The molecule has 2 unspecified atom stereocenters. The third-order valence-corrected chi connectivity index (χ3v) is 5.24. The molecule has 5 atom stereocenters. The molecule has 9 nitrogen and oxygen atoms in total. The molecule has 0 bridgehead atoms. The number of ether oxygens (including phenoxy) is 2. The topological polar surface area (TPSA) is 141 Å². The lowest BCUT2D eigenvalue weighted by Gasteiger charge is -2.39. The molecule has 0 spiro atoms. The van der Waals surface area contributed by atoms with Crippen LogP contribution in [-0.4, -0.2) is 67.3 Å². The Hall–Kier alpha value is -2.71. The molecule has 0 radical (unpaired) electrons. The van der Waals surface area contributed by atoms with E-state index in [9.17, 15) is 20.4 Å². The first-order valence-corrected chi connectivity index (χ1v) is 9.45. The van der Waals surface area contributed by atoms with Crippen LogP contribution in [0.5, 0.6) is 5.75 Å². The second kappa shape index (κ2) is 8.20. The molecule has 3 heterocycles. The van der Waals surface area contributed by atoms with Crippen LogP contribution >= 0.6 is 11.6 Å². The molecule has 156 valence electrons. The van der Waals surface area contributed by atoms with Gasteiger partial charge in [0.05, 0.1) is 17.2 Å². The molecular weight excluding hydrogens is 414 g/mol. The van der Waals surface area contributed by atoms with Crippen molar-refractivity contribution >= 4 is 22.6 Å². The molecule has 0 amide bonds. The number of fused-ring (bicyclic) bond motifs is 1. The molecule has 10 heteroatoms. The largest absolute Gasteiger partial charge is 0.460 e. The number of halogens is 1. The molecule has 1 aliphatic heterocycles. The minimum atomic E-state index is -1.55. The van der Waals surface area contributed by atoms with Gasteiger partial charge in [0.25, 0.3) is 0 Å². The van der Waals surface area contributed by atoms with Crippen LogP contribution in [0.4, 0.5) is 0 Å². The monoisotopic (exact) mass is 431 g/mol. The molecule has 2 aromatic heterocycles. The number of benzene rings is 1. The number of aliphatic hydroxyl groups is 4. The van der Waals surface area contributed by atoms with E-state index in [0.717, 1.165) is 5.39 Å². The summed E-state index contributed by atoms with van der Waals surface area (Å²) in [5.41, 5.74) is 1.79. The fraction of sp³-hybridized carbons (Fsp3) is 0.300. The zero-order valence-corrected chi connectivity index (χ0v) is 16.2. The number of aliphatic hydroxyl groups excluding tert-OH is 4. The van der Waals surface area contributed by atoms with E-state index in [1.165, 1.54) is 6.20 Å². The first-order valence-electron chi connectivity index (χ1n) is 9.07. The number of hydrogen-bond acceptors (Lipinski definition) is 8. The van der Waals surface area contributed by atoms with Crippen molar-refractivity contribution in [3.8, 4) is 17.5 Å². The van der Waals surface area contributed by atoms with E-state index in [0.29, 0.717) is 16.9 Å². The predicted octanol–water partition coefficient (Wildman–Crippen LogP) is 0.729. The van der Waals surface area contributed by atoms with Crippen LogP contribution in [0.25, 0.3) is 16.7 Å². The number of rotatable bonds is 4. The molecule has 4 N–H and O–H groups in total. The van der Waals surface area contributed by atoms with Gasteiger partial charge in [0, 0.05) is 23.5 Å². The second-order valence-corrected chi connectivity index (χ2v) is 7.27. The highest BCUT2D eigenvalue weighted by atomic mass is 35.5. The lowest BCUT2D eigenvalue weighted by Crippen LogP contribution is -2.60. The molecular formula is C20H18ClN3O6. The van der Waals surface area contributed by atoms with Crippen LogP contribution in [-0.2, 0) is 4.74 Å². The predicted molar refractivity (Wildman–Crippen MR) is 105 cm³/mol. The van der Waals surface area contributed by atoms with Gasteiger partial charge in [-0.15, -0.1) is 0 Å². The third-order valence-electron chi connectivity index (χ3n) is 4.94. The Morgan fingerprint density at radius 1 is 1.17 bits per heavy atom. The zero-order chi connectivity index (χ0) is 21.4. The van der Waals surface area contributed by atoms with Gasteiger partial charge in [-0.25, -0.2) is 4.98 Å². The molecule has 3 aromatic rings. The van der Waals surface area contributed by atoms with Crippen molar-refractivity contribution in [1.29, 1.82) is 5.26 Å². The van der Waals surface area contributed by atoms with Gasteiger partial charge in [-0.05, 0) is 30.3 Å². The molecule has 0 aliphatic carbocycles. The highest BCUT2D eigenvalue weighted by Gasteiger charge is 2.44. The number of hydrogen-bond donors (Lipinski definition) is 4. The van der Waals surface area contributed by atoms with Crippen LogP contribution in [0.2, 0.25) is 5.02 Å². The Labute approximate surface area is 175 Å². The first-order chi connectivity index (χ1) is 14.4. The molecule has 1 aliphatic rings. The van der Waals surface area contributed by atoms with Crippen molar-refractivity contribution in [1.82, 2.24) is 9.55 Å². The number of nitriles is 1. The standard InChI is InChI=1S/C20H18ClN3O6/c21-13-6-12(24-4-3-11-5-10(7-22)8-23-19(11)24)1-2-14(13)29-20-18(28)17(27)16(26)15(9-25)30-20/h1-6,8,15-18,20,25-28H,9H2/t15?,16-,17?,18-,20+/m1/s1. The summed E-state index contributed by atoms with van der Waals surface area (Å²) < 4.78 is 12.7. The summed E-state index contributed by atoms with van der Waals surface area (Å²) in [5, 5.41) is 49.2. The van der Waals surface area contributed by atoms with E-state index in [-0.39, 0.29) is 10.8 Å². The summed E-state index contributed by atoms with van der Waals surface area (Å²) in [6, 6.07) is 10.5. The quantitative estimate of drug-likeness (QED) is 0.473. The van der Waals surface area contributed by atoms with Gasteiger partial charge in [0.15, 0.2) is 0 Å². The summed E-state index contributed by atoms with van der Waals surface area (Å²) in [7, 11) is 0. The highest BCUT2D eigenvalue weighted by molar-refractivity contribution is 6.32. The summed E-state index contributed by atoms with van der Waals surface area (Å²) in [6.45, 7) is -0.557. The van der Waals surface area contributed by atoms with Gasteiger partial charge in [-0.3, -0.25) is 0 Å². The molecule has 1 fully saturated rings. The lowest BCUT2D eigenvalue weighted by atomic mass is 9.99. The van der Waals surface area contributed by atoms with Gasteiger partial charge in [-0.2, -0.15) is 5.26 Å². The van der Waals surface area contributed by atoms with E-state index in [1.807, 2.05) is 12.1 Å². The number of pyridine rings is 1. The average molecular weight is 432 g/mol. The van der Waals surface area contributed by atoms with Crippen LogP contribution in [0.1, 0.15) is 5.56 Å². The van der Waals surface area contributed by atoms with Crippen LogP contribution in [0, 0.1) is 11.3 Å². The van der Waals surface area contributed by atoms with Crippen LogP contribution in [0.15, 0.2) is 42.7 Å². The van der Waals surface area contributed by atoms with Crippen molar-refractivity contribution in [3.63, 3.8) is 0 Å². The Balaban J connectivity index is 1.59. The van der Waals surface area contributed by atoms with E-state index in [2.05, 4.69) is 4.98 Å². The molecule has 0 saturated carbocycles. The average Bonchev–Trinajstić information content (AvgIpc) is 3.18. The Bertz CT molecular complexity index is 1110. The van der Waals surface area contributed by atoms with Crippen LogP contribution < -0.4 is 4.74 Å². The maximum absolute atomic E-state index is 10.1. The Kier molecular flexibility index (Phi) is 5.62. The Morgan fingerprint density at radius 3 is 2.67 bits per heavy atom. The van der Waals surface area contributed by atoms with Crippen molar-refractivity contribution in [2.75, 3.05) is 6.61 Å². The van der Waals surface area contributed by atoms with E-state index in [1.54, 1.807) is 35.0 Å². The van der Waals surface area contributed by atoms with Crippen molar-refractivity contribution in [2.45, 2.75) is 30.7 Å². The van der Waals surface area contributed by atoms with Crippen molar-refractivity contribution in [2.24, 2.45) is 0 Å². The maximum Gasteiger partial charge on any atom is 0.229 e. The van der Waals surface area contributed by atoms with E-state index in [4.69, 9.17) is 26.3 Å². The summed E-state index contributed by atoms with van der Waals surface area (Å²) >= 11 is 6.35. The number of nitrogens with zero attached hydrogens (tertiary/aromatic N) is 3. The lowest BCUT2D eigenvalue weighted by molar-refractivity contribution is -0.277. The van der Waals surface area contributed by atoms with Crippen molar-refractivity contribution in [3.05, 3.63) is 53.3 Å². The second-order valence-electron chi connectivity index (χ2n) is 6.86. The number of aromatic nitrogens is 2. The van der Waals surface area contributed by atoms with E-state index < -0.39 is 37.3 Å². The smallest absolute Gasteiger partial charge is 0.229 e. The first kappa shape index (κ1) is 20.6. The molecule has 1 aromatic carbocycles. The summed E-state index contributed by atoms with van der Waals surface area (Å²) in [6.07, 6.45) is -3.69. The third kappa shape index (κ3) is 3.61. The van der Waals surface area contributed by atoms with E-state index >= 15 is 0 Å². The highest BCUT2D eigenvalue weighted by Crippen LogP contribution is 2.32. The summed E-state index contributed by atoms with van der Waals surface area (Å²) in [4.78, 5) is 4.32. The van der Waals surface area contributed by atoms with Gasteiger partial charge >= 0.3 is 0 Å². The maximum atomic E-state index is 10.1. The molecule has 30 heavy (non-hydrogen) atoms. The van der Waals surface area contributed by atoms with Crippen molar-refractivity contribution < 1.29 is 29.9 Å².